The van der Waals surface area contributed by atoms with Crippen molar-refractivity contribution in [3.05, 3.63) is 36.7 Å². The molecule has 94 valence electrons. The topological polar surface area (TPSA) is 102 Å². The summed E-state index contributed by atoms with van der Waals surface area (Å²) in [5, 5.41) is 6.34. The fraction of sp³-hybridized carbons (Fsp3) is 0.167. The zero-order valence-electron chi connectivity index (χ0n) is 9.93. The van der Waals surface area contributed by atoms with Gasteiger partial charge in [0.2, 0.25) is 0 Å². The summed E-state index contributed by atoms with van der Waals surface area (Å²) in [6.45, 7) is 1.48. The average Bonchev–Trinajstić information content (AvgIpc) is 2.39. The fourth-order valence-electron chi connectivity index (χ4n) is 1.40. The van der Waals surface area contributed by atoms with Gasteiger partial charge in [0.25, 0.3) is 0 Å². The van der Waals surface area contributed by atoms with Crippen LogP contribution >= 0.6 is 0 Å². The van der Waals surface area contributed by atoms with Crippen molar-refractivity contribution in [1.82, 2.24) is 9.97 Å². The maximum Gasteiger partial charge on any atom is 0.126 e. The zero-order chi connectivity index (χ0) is 12.8. The quantitative estimate of drug-likeness (QED) is 0.589. The first-order valence-electron chi connectivity index (χ1n) is 5.65. The lowest BCUT2D eigenvalue weighted by Gasteiger charge is -2.07. The summed E-state index contributed by atoms with van der Waals surface area (Å²) in [5.41, 5.74) is 12.4. The van der Waals surface area contributed by atoms with Crippen molar-refractivity contribution >= 4 is 23.0 Å². The van der Waals surface area contributed by atoms with Crippen molar-refractivity contribution in [2.45, 2.75) is 0 Å². The number of nitrogens with two attached hydrogens (primary N) is 2. The monoisotopic (exact) mass is 244 g/mol. The van der Waals surface area contributed by atoms with Gasteiger partial charge in [-0.15, -0.1) is 0 Å². The van der Waals surface area contributed by atoms with E-state index in [1.165, 1.54) is 0 Å². The Morgan fingerprint density at radius 1 is 0.778 bits per heavy atom. The molecule has 2 rings (SSSR count). The highest BCUT2D eigenvalue weighted by molar-refractivity contribution is 5.45. The molecule has 0 saturated heterocycles. The predicted octanol–water partition coefficient (Wildman–Crippen LogP) is 1.16. The van der Waals surface area contributed by atoms with Crippen LogP contribution in [0.5, 0.6) is 0 Å². The van der Waals surface area contributed by atoms with Crippen molar-refractivity contribution in [3.8, 4) is 0 Å². The van der Waals surface area contributed by atoms with Gasteiger partial charge in [-0.3, -0.25) is 0 Å². The largest absolute Gasteiger partial charge is 0.397 e. The molecule has 0 aliphatic rings. The maximum absolute atomic E-state index is 5.55. The average molecular weight is 244 g/mol. The molecule has 0 spiro atoms. The van der Waals surface area contributed by atoms with Gasteiger partial charge in [-0.25, -0.2) is 9.97 Å². The smallest absolute Gasteiger partial charge is 0.126 e. The van der Waals surface area contributed by atoms with Gasteiger partial charge >= 0.3 is 0 Å². The summed E-state index contributed by atoms with van der Waals surface area (Å²) in [6, 6.07) is 7.31. The second kappa shape index (κ2) is 5.72. The van der Waals surface area contributed by atoms with Crippen LogP contribution in [0.1, 0.15) is 0 Å². The molecule has 6 nitrogen and oxygen atoms in total. The van der Waals surface area contributed by atoms with E-state index in [1.807, 2.05) is 24.3 Å². The van der Waals surface area contributed by atoms with Gasteiger partial charge in [-0.05, 0) is 24.3 Å². The van der Waals surface area contributed by atoms with Crippen LogP contribution in [0.2, 0.25) is 0 Å². The third kappa shape index (κ3) is 3.51. The Morgan fingerprint density at radius 2 is 1.22 bits per heavy atom. The molecule has 6 heteroatoms. The van der Waals surface area contributed by atoms with Crippen LogP contribution in [-0.4, -0.2) is 23.1 Å². The van der Waals surface area contributed by atoms with Gasteiger partial charge in [0.1, 0.15) is 11.6 Å². The van der Waals surface area contributed by atoms with Gasteiger partial charge in [-0.1, -0.05) is 0 Å². The van der Waals surface area contributed by atoms with Crippen LogP contribution in [0.4, 0.5) is 23.0 Å². The molecule has 0 aromatic carbocycles. The van der Waals surface area contributed by atoms with Gasteiger partial charge in [-0.2, -0.15) is 0 Å². The lowest BCUT2D eigenvalue weighted by molar-refractivity contribution is 1.05. The van der Waals surface area contributed by atoms with Crippen LogP contribution in [0.25, 0.3) is 0 Å². The molecule has 0 aliphatic heterocycles. The Hall–Kier alpha value is -2.50. The second-order valence-electron chi connectivity index (χ2n) is 3.81. The van der Waals surface area contributed by atoms with E-state index in [4.69, 9.17) is 11.5 Å². The van der Waals surface area contributed by atoms with E-state index < -0.39 is 0 Å². The molecule has 0 radical (unpaired) electrons. The molecule has 6 N–H and O–H groups in total. The van der Waals surface area contributed by atoms with E-state index >= 15 is 0 Å². The standard InChI is InChI=1S/C12H16N6/c13-9-1-3-11(17-7-9)15-5-6-16-12-4-2-10(14)8-18-12/h1-4,7-8H,5-6,13-14H2,(H,15,17)(H,16,18). The molecule has 18 heavy (non-hydrogen) atoms. The number of pyridine rings is 2. The maximum atomic E-state index is 5.55. The van der Waals surface area contributed by atoms with Crippen LogP contribution in [0.3, 0.4) is 0 Å². The lowest BCUT2D eigenvalue weighted by Crippen LogP contribution is -2.14. The zero-order valence-corrected chi connectivity index (χ0v) is 9.93. The van der Waals surface area contributed by atoms with Gasteiger partial charge < -0.3 is 22.1 Å². The molecule has 2 heterocycles. The minimum atomic E-state index is 0.657. The number of nitrogens with one attached hydrogen (secondary N) is 2. The highest BCUT2D eigenvalue weighted by Gasteiger charge is 1.94. The molecular weight excluding hydrogens is 228 g/mol. The number of hydrogen-bond donors (Lipinski definition) is 4. The third-order valence-electron chi connectivity index (χ3n) is 2.31. The van der Waals surface area contributed by atoms with E-state index in [0.717, 1.165) is 24.7 Å². The van der Waals surface area contributed by atoms with E-state index in [1.54, 1.807) is 12.4 Å². The number of anilines is 4. The van der Waals surface area contributed by atoms with Crippen molar-refractivity contribution in [1.29, 1.82) is 0 Å². The highest BCUT2D eigenvalue weighted by atomic mass is 15.0. The molecule has 0 fully saturated rings. The van der Waals surface area contributed by atoms with Crippen molar-refractivity contribution in [2.24, 2.45) is 0 Å². The summed E-state index contributed by atoms with van der Waals surface area (Å²) < 4.78 is 0. The van der Waals surface area contributed by atoms with E-state index in [2.05, 4.69) is 20.6 Å². The normalized spacial score (nSPS) is 10.0. The molecule has 0 unspecified atom stereocenters. The molecule has 2 aromatic heterocycles. The van der Waals surface area contributed by atoms with E-state index in [9.17, 15) is 0 Å². The number of hydrogen-bond acceptors (Lipinski definition) is 6. The third-order valence-corrected chi connectivity index (χ3v) is 2.31. The summed E-state index contributed by atoms with van der Waals surface area (Å²) in [5.74, 6) is 1.60. The summed E-state index contributed by atoms with van der Waals surface area (Å²) in [6.07, 6.45) is 3.24. The minimum Gasteiger partial charge on any atom is -0.397 e. The van der Waals surface area contributed by atoms with Crippen LogP contribution in [-0.2, 0) is 0 Å². The molecular formula is C12H16N6. The van der Waals surface area contributed by atoms with Crippen molar-refractivity contribution in [2.75, 3.05) is 35.2 Å². The second-order valence-corrected chi connectivity index (χ2v) is 3.81. The lowest BCUT2D eigenvalue weighted by atomic mass is 10.4. The van der Waals surface area contributed by atoms with E-state index in [-0.39, 0.29) is 0 Å². The number of aromatic nitrogens is 2. The minimum absolute atomic E-state index is 0.657. The Kier molecular flexibility index (Phi) is 3.80. The molecule has 0 atom stereocenters. The van der Waals surface area contributed by atoms with Gasteiger partial charge in [0.15, 0.2) is 0 Å². The Bertz CT molecular complexity index is 431. The summed E-state index contributed by atoms with van der Waals surface area (Å²) in [4.78, 5) is 8.28. The van der Waals surface area contributed by atoms with Crippen molar-refractivity contribution < 1.29 is 0 Å². The Balaban J connectivity index is 1.73. The van der Waals surface area contributed by atoms with Gasteiger partial charge in [0.05, 0.1) is 23.8 Å². The predicted molar refractivity (Wildman–Crippen MR) is 74.3 cm³/mol. The molecule has 0 amide bonds. The number of nitrogen functional groups attached to an aromatic ring is 2. The highest BCUT2D eigenvalue weighted by Crippen LogP contribution is 2.06. The summed E-state index contributed by atoms with van der Waals surface area (Å²) >= 11 is 0. The van der Waals surface area contributed by atoms with Crippen LogP contribution < -0.4 is 22.1 Å². The molecule has 0 bridgehead atoms. The first-order valence-corrected chi connectivity index (χ1v) is 5.65. The Labute approximate surface area is 105 Å². The fourth-order valence-corrected chi connectivity index (χ4v) is 1.40. The SMILES string of the molecule is Nc1ccc(NCCNc2ccc(N)cn2)nc1. The number of nitrogens with zero attached hydrogens (tertiary/aromatic N) is 2. The van der Waals surface area contributed by atoms with Crippen LogP contribution in [0.15, 0.2) is 36.7 Å². The molecule has 0 saturated carbocycles. The Morgan fingerprint density at radius 3 is 1.56 bits per heavy atom. The summed E-state index contributed by atoms with van der Waals surface area (Å²) in [7, 11) is 0. The first-order chi connectivity index (χ1) is 8.74. The van der Waals surface area contributed by atoms with Crippen LogP contribution in [0, 0.1) is 0 Å². The van der Waals surface area contributed by atoms with Crippen molar-refractivity contribution in [3.63, 3.8) is 0 Å². The van der Waals surface area contributed by atoms with Gasteiger partial charge in [0, 0.05) is 13.1 Å². The number of rotatable bonds is 5. The molecule has 2 aromatic rings. The molecule has 0 aliphatic carbocycles. The first kappa shape index (κ1) is 12.0. The van der Waals surface area contributed by atoms with E-state index in [0.29, 0.717) is 11.4 Å².